The smallest absolute Gasteiger partial charge is 0.168 e. The average molecular weight is 151 g/mol. The van der Waals surface area contributed by atoms with Gasteiger partial charge in [-0.05, 0) is 19.1 Å². The first-order chi connectivity index (χ1) is 5.27. The Hall–Kier alpha value is -1.38. The van der Waals surface area contributed by atoms with Crippen LogP contribution in [0.2, 0.25) is 0 Å². The van der Waals surface area contributed by atoms with Crippen molar-refractivity contribution in [3.63, 3.8) is 0 Å². The lowest BCUT2D eigenvalue weighted by atomic mass is 10.3. The molecule has 58 valence electrons. The van der Waals surface area contributed by atoms with Crippen LogP contribution >= 0.6 is 0 Å². The van der Waals surface area contributed by atoms with Crippen LogP contribution in [-0.2, 0) is 0 Å². The fraction of sp³-hybridized carbons (Fsp3) is 0.250. The van der Waals surface area contributed by atoms with E-state index in [-0.39, 0.29) is 0 Å². The van der Waals surface area contributed by atoms with Gasteiger partial charge in [0.1, 0.15) is 11.4 Å². The normalized spacial score (nSPS) is 9.27. The van der Waals surface area contributed by atoms with Gasteiger partial charge in [-0.3, -0.25) is 4.79 Å². The first-order valence-corrected chi connectivity index (χ1v) is 3.24. The standard InChI is InChI=1S/C8H9NO2/c1-6-8(11-2)4-3-7(5-10)9-6/h3-5H,1-2H3. The highest BCUT2D eigenvalue weighted by atomic mass is 16.5. The minimum Gasteiger partial charge on any atom is -0.495 e. The van der Waals surface area contributed by atoms with Crippen molar-refractivity contribution in [2.75, 3.05) is 7.11 Å². The molecule has 1 aromatic rings. The Kier molecular flexibility index (Phi) is 2.21. The van der Waals surface area contributed by atoms with Gasteiger partial charge in [-0.2, -0.15) is 0 Å². The summed E-state index contributed by atoms with van der Waals surface area (Å²) in [7, 11) is 1.57. The largest absolute Gasteiger partial charge is 0.495 e. The van der Waals surface area contributed by atoms with E-state index in [0.717, 1.165) is 5.69 Å². The minimum absolute atomic E-state index is 0.434. The molecule has 0 amide bonds. The number of aryl methyl sites for hydroxylation is 1. The second-order valence-corrected chi connectivity index (χ2v) is 2.14. The summed E-state index contributed by atoms with van der Waals surface area (Å²) in [6.45, 7) is 1.80. The molecule has 11 heavy (non-hydrogen) atoms. The molecule has 1 rings (SSSR count). The lowest BCUT2D eigenvalue weighted by Crippen LogP contribution is -1.93. The van der Waals surface area contributed by atoms with E-state index < -0.39 is 0 Å². The van der Waals surface area contributed by atoms with E-state index in [9.17, 15) is 4.79 Å². The van der Waals surface area contributed by atoms with Crippen LogP contribution in [0.5, 0.6) is 5.75 Å². The van der Waals surface area contributed by atoms with E-state index in [1.807, 2.05) is 0 Å². The number of pyridine rings is 1. The molecule has 3 nitrogen and oxygen atoms in total. The second-order valence-electron chi connectivity index (χ2n) is 2.14. The van der Waals surface area contributed by atoms with Crippen molar-refractivity contribution in [3.05, 3.63) is 23.5 Å². The van der Waals surface area contributed by atoms with Crippen molar-refractivity contribution in [2.24, 2.45) is 0 Å². The topological polar surface area (TPSA) is 39.2 Å². The predicted molar refractivity (Wildman–Crippen MR) is 40.9 cm³/mol. The first kappa shape index (κ1) is 7.72. The molecule has 1 heterocycles. The molecule has 0 aliphatic rings. The molecule has 0 bridgehead atoms. The van der Waals surface area contributed by atoms with Crippen molar-refractivity contribution < 1.29 is 9.53 Å². The quantitative estimate of drug-likeness (QED) is 0.596. The number of aldehydes is 1. The maximum Gasteiger partial charge on any atom is 0.168 e. The van der Waals surface area contributed by atoms with Crippen molar-refractivity contribution >= 4 is 6.29 Å². The van der Waals surface area contributed by atoms with E-state index >= 15 is 0 Å². The van der Waals surface area contributed by atoms with Crippen LogP contribution in [0.4, 0.5) is 0 Å². The van der Waals surface area contributed by atoms with Gasteiger partial charge in [0.15, 0.2) is 6.29 Å². The highest BCUT2D eigenvalue weighted by molar-refractivity contribution is 5.71. The Balaban J connectivity index is 3.09. The van der Waals surface area contributed by atoms with Crippen LogP contribution in [0.1, 0.15) is 16.2 Å². The fourth-order valence-electron chi connectivity index (χ4n) is 0.849. The summed E-state index contributed by atoms with van der Waals surface area (Å²) in [6.07, 6.45) is 0.715. The highest BCUT2D eigenvalue weighted by Crippen LogP contribution is 2.13. The molecule has 0 saturated heterocycles. The zero-order valence-corrected chi connectivity index (χ0v) is 6.50. The molecular formula is C8H9NO2. The molecule has 0 aliphatic carbocycles. The summed E-state index contributed by atoms with van der Waals surface area (Å²) >= 11 is 0. The van der Waals surface area contributed by atoms with E-state index in [4.69, 9.17) is 4.74 Å². The second kappa shape index (κ2) is 3.14. The number of ether oxygens (including phenoxy) is 1. The van der Waals surface area contributed by atoms with Crippen molar-refractivity contribution in [2.45, 2.75) is 6.92 Å². The number of hydrogen-bond donors (Lipinski definition) is 0. The van der Waals surface area contributed by atoms with Crippen LogP contribution in [0.3, 0.4) is 0 Å². The van der Waals surface area contributed by atoms with Gasteiger partial charge in [0, 0.05) is 0 Å². The molecule has 0 radical (unpaired) electrons. The summed E-state index contributed by atoms with van der Waals surface area (Å²) in [4.78, 5) is 14.2. The highest BCUT2D eigenvalue weighted by Gasteiger charge is 1.99. The summed E-state index contributed by atoms with van der Waals surface area (Å²) in [6, 6.07) is 3.35. The third-order valence-electron chi connectivity index (χ3n) is 1.40. The van der Waals surface area contributed by atoms with Gasteiger partial charge in [-0.15, -0.1) is 0 Å². The Bertz CT molecular complexity index is 271. The van der Waals surface area contributed by atoms with Crippen LogP contribution in [0.15, 0.2) is 12.1 Å². The molecule has 0 spiro atoms. The average Bonchev–Trinajstić information content (AvgIpc) is 2.04. The monoisotopic (exact) mass is 151 g/mol. The van der Waals surface area contributed by atoms with Crippen molar-refractivity contribution in [1.82, 2.24) is 4.98 Å². The molecule has 3 heteroatoms. The minimum atomic E-state index is 0.434. The van der Waals surface area contributed by atoms with E-state index in [0.29, 0.717) is 17.7 Å². The summed E-state index contributed by atoms with van der Waals surface area (Å²) in [5.74, 6) is 0.704. The molecule has 0 aliphatic heterocycles. The van der Waals surface area contributed by atoms with E-state index in [1.54, 1.807) is 26.2 Å². The zero-order chi connectivity index (χ0) is 8.27. The number of rotatable bonds is 2. The summed E-state index contributed by atoms with van der Waals surface area (Å²) in [5.41, 5.74) is 1.17. The number of hydrogen-bond acceptors (Lipinski definition) is 3. The van der Waals surface area contributed by atoms with Crippen LogP contribution in [0, 0.1) is 6.92 Å². The maximum atomic E-state index is 10.3. The van der Waals surface area contributed by atoms with Gasteiger partial charge in [0.25, 0.3) is 0 Å². The molecule has 0 aromatic carbocycles. The van der Waals surface area contributed by atoms with Gasteiger partial charge in [-0.25, -0.2) is 4.98 Å². The van der Waals surface area contributed by atoms with Gasteiger partial charge in [-0.1, -0.05) is 0 Å². The lowest BCUT2D eigenvalue weighted by Gasteiger charge is -2.01. The van der Waals surface area contributed by atoms with Crippen LogP contribution < -0.4 is 4.74 Å². The van der Waals surface area contributed by atoms with Gasteiger partial charge in [0.05, 0.1) is 12.8 Å². The molecule has 0 saturated carbocycles. The zero-order valence-electron chi connectivity index (χ0n) is 6.50. The van der Waals surface area contributed by atoms with Gasteiger partial charge < -0.3 is 4.74 Å². The van der Waals surface area contributed by atoms with E-state index in [1.165, 1.54) is 0 Å². The molecule has 0 unspecified atom stereocenters. The Labute approximate surface area is 65.0 Å². The summed E-state index contributed by atoms with van der Waals surface area (Å²) < 4.78 is 4.97. The molecule has 0 fully saturated rings. The van der Waals surface area contributed by atoms with Crippen molar-refractivity contribution in [1.29, 1.82) is 0 Å². The number of nitrogens with zero attached hydrogens (tertiary/aromatic N) is 1. The maximum absolute atomic E-state index is 10.3. The number of carbonyl (C=O) groups excluding carboxylic acids is 1. The van der Waals surface area contributed by atoms with Crippen molar-refractivity contribution in [3.8, 4) is 5.75 Å². The summed E-state index contributed by atoms with van der Waals surface area (Å²) in [5, 5.41) is 0. The SMILES string of the molecule is COc1ccc(C=O)nc1C. The number of carbonyl (C=O) groups is 1. The van der Waals surface area contributed by atoms with Crippen LogP contribution in [0.25, 0.3) is 0 Å². The Morgan fingerprint density at radius 2 is 2.27 bits per heavy atom. The third-order valence-corrected chi connectivity index (χ3v) is 1.40. The number of aromatic nitrogens is 1. The lowest BCUT2D eigenvalue weighted by molar-refractivity contribution is 0.111. The fourth-order valence-corrected chi connectivity index (χ4v) is 0.849. The Morgan fingerprint density at radius 3 is 2.73 bits per heavy atom. The molecule has 0 atom stereocenters. The van der Waals surface area contributed by atoms with Gasteiger partial charge >= 0.3 is 0 Å². The predicted octanol–water partition coefficient (Wildman–Crippen LogP) is 1.21. The van der Waals surface area contributed by atoms with E-state index in [2.05, 4.69) is 4.98 Å². The third kappa shape index (κ3) is 1.55. The van der Waals surface area contributed by atoms with Crippen LogP contribution in [-0.4, -0.2) is 18.4 Å². The van der Waals surface area contributed by atoms with Gasteiger partial charge in [0.2, 0.25) is 0 Å². The molecule has 1 aromatic heterocycles. The first-order valence-electron chi connectivity index (χ1n) is 3.24. The molecule has 0 N–H and O–H groups in total. The number of methoxy groups -OCH3 is 1. The Morgan fingerprint density at radius 1 is 1.55 bits per heavy atom. The molecular weight excluding hydrogens is 142 g/mol.